The fourth-order valence-electron chi connectivity index (χ4n) is 2.02. The molecule has 0 radical (unpaired) electrons. The lowest BCUT2D eigenvalue weighted by Crippen LogP contribution is -2.39. The number of hydrogen-bond donors (Lipinski definition) is 1. The van der Waals surface area contributed by atoms with Gasteiger partial charge in [-0.1, -0.05) is 6.08 Å². The number of fused-ring (bicyclic) bond motifs is 1. The van der Waals surface area contributed by atoms with Gasteiger partial charge in [0, 0.05) is 6.54 Å². The monoisotopic (exact) mass is 263 g/mol. The number of ether oxygens (including phenoxy) is 2. The van der Waals surface area contributed by atoms with Crippen LogP contribution in [-0.2, 0) is 11.4 Å². The third kappa shape index (κ3) is 2.56. The van der Waals surface area contributed by atoms with Crippen molar-refractivity contribution in [3.05, 3.63) is 30.4 Å². The van der Waals surface area contributed by atoms with Crippen LogP contribution >= 0.6 is 0 Å². The van der Waals surface area contributed by atoms with E-state index in [-0.39, 0.29) is 19.1 Å². The van der Waals surface area contributed by atoms with Gasteiger partial charge in [0.2, 0.25) is 0 Å². The first-order valence-electron chi connectivity index (χ1n) is 6.15. The van der Waals surface area contributed by atoms with Crippen molar-refractivity contribution >= 4 is 11.6 Å². The topological polar surface area (TPSA) is 59.0 Å². The van der Waals surface area contributed by atoms with E-state index in [1.807, 2.05) is 6.92 Å². The number of aliphatic hydroxyl groups excluding tert-OH is 1. The van der Waals surface area contributed by atoms with Crippen molar-refractivity contribution < 1.29 is 19.4 Å². The number of aliphatic hydroxyl groups is 1. The summed E-state index contributed by atoms with van der Waals surface area (Å²) >= 11 is 0. The van der Waals surface area contributed by atoms with Crippen LogP contribution in [-0.4, -0.2) is 30.8 Å². The third-order valence-electron chi connectivity index (χ3n) is 2.82. The molecule has 0 aliphatic carbocycles. The number of nitrogens with zero attached hydrogens (tertiary/aromatic N) is 1. The van der Waals surface area contributed by atoms with Crippen molar-refractivity contribution in [2.75, 3.05) is 24.7 Å². The Morgan fingerprint density at radius 2 is 2.37 bits per heavy atom. The highest BCUT2D eigenvalue weighted by atomic mass is 16.5. The smallest absolute Gasteiger partial charge is 0.265 e. The molecule has 102 valence electrons. The zero-order valence-corrected chi connectivity index (χ0v) is 10.9. The molecule has 1 aliphatic heterocycles. The molecular weight excluding hydrogens is 246 g/mol. The number of rotatable bonds is 5. The van der Waals surface area contributed by atoms with Gasteiger partial charge in [-0.3, -0.25) is 4.79 Å². The van der Waals surface area contributed by atoms with E-state index in [4.69, 9.17) is 9.47 Å². The quantitative estimate of drug-likeness (QED) is 0.818. The van der Waals surface area contributed by atoms with Crippen molar-refractivity contribution in [2.24, 2.45) is 0 Å². The Labute approximate surface area is 112 Å². The van der Waals surface area contributed by atoms with Crippen LogP contribution in [0, 0.1) is 0 Å². The largest absolute Gasteiger partial charge is 0.490 e. The Morgan fingerprint density at radius 1 is 1.58 bits per heavy atom. The third-order valence-corrected chi connectivity index (χ3v) is 2.82. The highest BCUT2D eigenvalue weighted by Gasteiger charge is 2.28. The molecule has 5 nitrogen and oxygen atoms in total. The number of carbonyl (C=O) groups is 1. The molecule has 0 saturated carbocycles. The Morgan fingerprint density at radius 3 is 3.00 bits per heavy atom. The SMILES string of the molecule is C=CCN1C(=O)COc2c(OCC)cc(CO)cc21. The van der Waals surface area contributed by atoms with Gasteiger partial charge in [0.25, 0.3) is 5.91 Å². The second-order valence-electron chi connectivity index (χ2n) is 4.12. The number of amides is 1. The van der Waals surface area contributed by atoms with E-state index in [1.165, 1.54) is 0 Å². The standard InChI is InChI=1S/C14H17NO4/c1-3-5-15-11-6-10(8-16)7-12(18-4-2)14(11)19-9-13(15)17/h3,6-7,16H,1,4-5,8-9H2,2H3. The second kappa shape index (κ2) is 5.75. The highest BCUT2D eigenvalue weighted by molar-refractivity contribution is 5.98. The van der Waals surface area contributed by atoms with Crippen LogP contribution in [0.25, 0.3) is 0 Å². The number of hydrogen-bond acceptors (Lipinski definition) is 4. The van der Waals surface area contributed by atoms with Crippen LogP contribution < -0.4 is 14.4 Å². The average molecular weight is 263 g/mol. The van der Waals surface area contributed by atoms with E-state index < -0.39 is 0 Å². The molecule has 1 heterocycles. The summed E-state index contributed by atoms with van der Waals surface area (Å²) in [6, 6.07) is 3.46. The molecule has 1 aliphatic rings. The van der Waals surface area contributed by atoms with Gasteiger partial charge in [-0.2, -0.15) is 0 Å². The fraction of sp³-hybridized carbons (Fsp3) is 0.357. The first-order chi connectivity index (χ1) is 9.21. The minimum Gasteiger partial charge on any atom is -0.490 e. The summed E-state index contributed by atoms with van der Waals surface area (Å²) in [5.74, 6) is 0.955. The van der Waals surface area contributed by atoms with E-state index >= 15 is 0 Å². The lowest BCUT2D eigenvalue weighted by atomic mass is 10.1. The zero-order valence-electron chi connectivity index (χ0n) is 10.9. The van der Waals surface area contributed by atoms with Crippen LogP contribution in [0.5, 0.6) is 11.5 Å². The van der Waals surface area contributed by atoms with E-state index in [0.29, 0.717) is 35.9 Å². The highest BCUT2D eigenvalue weighted by Crippen LogP contribution is 2.41. The van der Waals surface area contributed by atoms with Crippen molar-refractivity contribution in [1.82, 2.24) is 0 Å². The van der Waals surface area contributed by atoms with E-state index in [0.717, 1.165) is 0 Å². The van der Waals surface area contributed by atoms with Gasteiger partial charge in [0.1, 0.15) is 0 Å². The Balaban J connectivity index is 2.52. The van der Waals surface area contributed by atoms with Gasteiger partial charge >= 0.3 is 0 Å². The first-order valence-corrected chi connectivity index (χ1v) is 6.15. The summed E-state index contributed by atoms with van der Waals surface area (Å²) in [7, 11) is 0. The second-order valence-corrected chi connectivity index (χ2v) is 4.12. The predicted molar refractivity (Wildman–Crippen MR) is 71.6 cm³/mol. The number of anilines is 1. The molecule has 0 atom stereocenters. The van der Waals surface area contributed by atoms with Gasteiger partial charge in [0.05, 0.1) is 18.9 Å². The zero-order chi connectivity index (χ0) is 13.8. The first kappa shape index (κ1) is 13.4. The Hall–Kier alpha value is -2.01. The molecule has 0 fully saturated rings. The molecule has 1 aromatic rings. The summed E-state index contributed by atoms with van der Waals surface area (Å²) in [5.41, 5.74) is 1.29. The lowest BCUT2D eigenvalue weighted by Gasteiger charge is -2.30. The molecule has 1 N–H and O–H groups in total. The normalized spacial score (nSPS) is 13.8. The van der Waals surface area contributed by atoms with Crippen molar-refractivity contribution in [3.8, 4) is 11.5 Å². The maximum atomic E-state index is 11.9. The van der Waals surface area contributed by atoms with Crippen LogP contribution in [0.2, 0.25) is 0 Å². The fourth-order valence-corrected chi connectivity index (χ4v) is 2.02. The van der Waals surface area contributed by atoms with Crippen molar-refractivity contribution in [3.63, 3.8) is 0 Å². The van der Waals surface area contributed by atoms with Gasteiger partial charge < -0.3 is 19.5 Å². The number of benzene rings is 1. The lowest BCUT2D eigenvalue weighted by molar-refractivity contribution is -0.121. The van der Waals surface area contributed by atoms with Gasteiger partial charge in [0.15, 0.2) is 18.1 Å². The van der Waals surface area contributed by atoms with E-state index in [9.17, 15) is 9.90 Å². The minimum atomic E-state index is -0.134. The van der Waals surface area contributed by atoms with Crippen molar-refractivity contribution in [1.29, 1.82) is 0 Å². The molecule has 1 aromatic carbocycles. The van der Waals surface area contributed by atoms with Crippen molar-refractivity contribution in [2.45, 2.75) is 13.5 Å². The molecule has 0 unspecified atom stereocenters. The molecule has 5 heteroatoms. The van der Waals surface area contributed by atoms with Crippen LogP contribution in [0.4, 0.5) is 5.69 Å². The van der Waals surface area contributed by atoms with E-state index in [2.05, 4.69) is 6.58 Å². The molecule has 19 heavy (non-hydrogen) atoms. The molecule has 0 aromatic heterocycles. The van der Waals surface area contributed by atoms with Gasteiger partial charge in [-0.15, -0.1) is 6.58 Å². The minimum absolute atomic E-state index is 0.0145. The molecule has 0 bridgehead atoms. The molecule has 0 saturated heterocycles. The maximum Gasteiger partial charge on any atom is 0.265 e. The molecule has 1 amide bonds. The van der Waals surface area contributed by atoms with Crippen LogP contribution in [0.15, 0.2) is 24.8 Å². The average Bonchev–Trinajstić information content (AvgIpc) is 2.42. The maximum absolute atomic E-state index is 11.9. The molecule has 2 rings (SSSR count). The Kier molecular flexibility index (Phi) is 4.06. The predicted octanol–water partition coefficient (Wildman–Crippen LogP) is 1.49. The van der Waals surface area contributed by atoms with Gasteiger partial charge in [-0.25, -0.2) is 0 Å². The summed E-state index contributed by atoms with van der Waals surface area (Å²) in [4.78, 5) is 13.4. The van der Waals surface area contributed by atoms with Gasteiger partial charge in [-0.05, 0) is 24.6 Å². The number of carbonyl (C=O) groups excluding carboxylic acids is 1. The van der Waals surface area contributed by atoms with E-state index in [1.54, 1.807) is 23.1 Å². The van der Waals surface area contributed by atoms with Crippen LogP contribution in [0.1, 0.15) is 12.5 Å². The summed E-state index contributed by atoms with van der Waals surface area (Å²) in [6.07, 6.45) is 1.65. The summed E-state index contributed by atoms with van der Waals surface area (Å²) in [6.45, 7) is 6.27. The molecule has 0 spiro atoms. The van der Waals surface area contributed by atoms with Crippen LogP contribution in [0.3, 0.4) is 0 Å². The summed E-state index contributed by atoms with van der Waals surface area (Å²) < 4.78 is 11.0. The summed E-state index contributed by atoms with van der Waals surface area (Å²) in [5, 5.41) is 9.29. The molecular formula is C14H17NO4. The Bertz CT molecular complexity index is 498.